The highest BCUT2D eigenvalue weighted by Crippen LogP contribution is 2.29. The second-order valence-corrected chi connectivity index (χ2v) is 6.90. The first-order valence-corrected chi connectivity index (χ1v) is 8.16. The van der Waals surface area contributed by atoms with Crippen LogP contribution in [-0.2, 0) is 19.6 Å². The van der Waals surface area contributed by atoms with E-state index in [1.54, 1.807) is 12.1 Å². The Morgan fingerprint density at radius 1 is 1.32 bits per heavy atom. The molecule has 0 aliphatic carbocycles. The lowest BCUT2D eigenvalue weighted by Gasteiger charge is -2.19. The topological polar surface area (TPSA) is 84.9 Å². The molecule has 22 heavy (non-hydrogen) atoms. The smallest absolute Gasteiger partial charge is 0.328 e. The van der Waals surface area contributed by atoms with Gasteiger partial charge in [-0.05, 0) is 24.6 Å². The minimum Gasteiger partial charge on any atom is -0.495 e. The average molecular weight is 330 g/mol. The molecule has 0 aliphatic rings. The molecule has 0 radical (unpaired) electrons. The van der Waals surface area contributed by atoms with Crippen LogP contribution in [0.4, 0.5) is 5.69 Å². The monoisotopic (exact) mass is 330 g/mol. The van der Waals surface area contributed by atoms with Crippen molar-refractivity contribution in [2.45, 2.75) is 24.3 Å². The van der Waals surface area contributed by atoms with Gasteiger partial charge in [0.1, 0.15) is 16.7 Å². The Balaban J connectivity index is 3.23. The Hall–Kier alpha value is -1.80. The molecule has 1 aromatic carbocycles. The summed E-state index contributed by atoms with van der Waals surface area (Å²) in [6, 6.07) is 4.09. The second-order valence-electron chi connectivity index (χ2n) is 4.78. The Kier molecular flexibility index (Phi) is 6.19. The molecule has 1 rings (SSSR count). The van der Waals surface area contributed by atoms with E-state index in [-0.39, 0.29) is 10.6 Å². The number of ether oxygens (including phenoxy) is 2. The van der Waals surface area contributed by atoms with E-state index in [0.29, 0.717) is 12.1 Å². The number of rotatable bonds is 7. The number of nitrogens with one attached hydrogen (secondary N) is 1. The lowest BCUT2D eigenvalue weighted by atomic mass is 10.2. The molecule has 0 aliphatic heterocycles. The van der Waals surface area contributed by atoms with Gasteiger partial charge in [0.2, 0.25) is 10.0 Å². The van der Waals surface area contributed by atoms with Crippen LogP contribution < -0.4 is 10.1 Å². The molecule has 0 aromatic heterocycles. The third-order valence-corrected chi connectivity index (χ3v) is 4.99. The third kappa shape index (κ3) is 3.89. The fourth-order valence-electron chi connectivity index (χ4n) is 1.84. The van der Waals surface area contributed by atoms with E-state index >= 15 is 0 Å². The zero-order chi connectivity index (χ0) is 16.9. The summed E-state index contributed by atoms with van der Waals surface area (Å²) in [4.78, 5) is 11.7. The molecule has 1 aromatic rings. The van der Waals surface area contributed by atoms with Gasteiger partial charge < -0.3 is 14.8 Å². The predicted molar refractivity (Wildman–Crippen MR) is 83.6 cm³/mol. The van der Waals surface area contributed by atoms with Crippen molar-refractivity contribution in [2.24, 2.45) is 0 Å². The van der Waals surface area contributed by atoms with Crippen LogP contribution in [0.1, 0.15) is 13.3 Å². The number of hydrogen-bond acceptors (Lipinski definition) is 6. The maximum atomic E-state index is 12.3. The summed E-state index contributed by atoms with van der Waals surface area (Å²) in [5, 5.41) is 2.97. The summed E-state index contributed by atoms with van der Waals surface area (Å²) < 4.78 is 35.6. The van der Waals surface area contributed by atoms with Crippen molar-refractivity contribution in [3.8, 4) is 5.75 Å². The highest BCUT2D eigenvalue weighted by molar-refractivity contribution is 7.89. The molecular formula is C14H22N2O5S. The van der Waals surface area contributed by atoms with Crippen molar-refractivity contribution < 1.29 is 22.7 Å². The van der Waals surface area contributed by atoms with Gasteiger partial charge in [-0.3, -0.25) is 0 Å². The zero-order valence-corrected chi connectivity index (χ0v) is 14.2. The van der Waals surface area contributed by atoms with Gasteiger partial charge in [0.15, 0.2) is 0 Å². The summed E-state index contributed by atoms with van der Waals surface area (Å²) in [5.41, 5.74) is 0.499. The van der Waals surface area contributed by atoms with Crippen molar-refractivity contribution >= 4 is 21.7 Å². The molecule has 0 saturated heterocycles. The normalized spacial score (nSPS) is 12.8. The van der Waals surface area contributed by atoms with Crippen molar-refractivity contribution in [1.82, 2.24) is 4.31 Å². The van der Waals surface area contributed by atoms with E-state index in [1.807, 2.05) is 6.92 Å². The number of carbonyl (C=O) groups excluding carboxylic acids is 1. The van der Waals surface area contributed by atoms with Crippen LogP contribution in [0.25, 0.3) is 0 Å². The van der Waals surface area contributed by atoms with Gasteiger partial charge in [-0.2, -0.15) is 0 Å². The van der Waals surface area contributed by atoms with E-state index in [0.717, 1.165) is 4.31 Å². The largest absolute Gasteiger partial charge is 0.495 e. The fraction of sp³-hybridized carbons (Fsp3) is 0.500. The van der Waals surface area contributed by atoms with Gasteiger partial charge in [0.25, 0.3) is 0 Å². The number of benzene rings is 1. The van der Waals surface area contributed by atoms with E-state index in [9.17, 15) is 13.2 Å². The summed E-state index contributed by atoms with van der Waals surface area (Å²) in [7, 11) is 1.94. The van der Waals surface area contributed by atoms with Crippen molar-refractivity contribution in [3.05, 3.63) is 18.2 Å². The molecule has 1 N–H and O–H groups in total. The molecule has 0 saturated carbocycles. The number of nitrogens with zero attached hydrogens (tertiary/aromatic N) is 1. The Morgan fingerprint density at radius 2 is 1.95 bits per heavy atom. The Labute approximate surface area is 131 Å². The standard InChI is InChI=1S/C14H22N2O5S/c1-6-11(14(17)21-5)15-10-7-8-12(20-4)13(9-10)22(18,19)16(2)3/h7-9,11,15H,6H2,1-5H3/t11-/m0/s1. The first kappa shape index (κ1) is 18.2. The first-order chi connectivity index (χ1) is 10.3. The maximum absolute atomic E-state index is 12.3. The molecule has 0 bridgehead atoms. The highest BCUT2D eigenvalue weighted by atomic mass is 32.2. The molecule has 8 heteroatoms. The molecule has 1 atom stereocenters. The van der Waals surface area contributed by atoms with Gasteiger partial charge in [-0.1, -0.05) is 6.92 Å². The number of sulfonamides is 1. The van der Waals surface area contributed by atoms with E-state index < -0.39 is 22.0 Å². The van der Waals surface area contributed by atoms with Crippen molar-refractivity contribution in [2.75, 3.05) is 33.6 Å². The van der Waals surface area contributed by atoms with Crippen LogP contribution in [0.5, 0.6) is 5.75 Å². The minimum absolute atomic E-state index is 0.0321. The van der Waals surface area contributed by atoms with Crippen molar-refractivity contribution in [1.29, 1.82) is 0 Å². The Morgan fingerprint density at radius 3 is 2.41 bits per heavy atom. The number of esters is 1. The number of hydrogen-bond donors (Lipinski definition) is 1. The number of carbonyl (C=O) groups is 1. The van der Waals surface area contributed by atoms with E-state index in [4.69, 9.17) is 9.47 Å². The molecule has 0 heterocycles. The summed E-state index contributed by atoms with van der Waals surface area (Å²) in [6.45, 7) is 1.83. The second kappa shape index (κ2) is 7.46. The van der Waals surface area contributed by atoms with Crippen LogP contribution >= 0.6 is 0 Å². The van der Waals surface area contributed by atoms with Gasteiger partial charge in [0, 0.05) is 19.8 Å². The SMILES string of the molecule is CC[C@H](Nc1ccc(OC)c(S(=O)(=O)N(C)C)c1)C(=O)OC. The summed E-state index contributed by atoms with van der Waals surface area (Å²) in [6.07, 6.45) is 0.508. The van der Waals surface area contributed by atoms with E-state index in [1.165, 1.54) is 34.4 Å². The lowest BCUT2D eigenvalue weighted by molar-refractivity contribution is -0.141. The molecule has 0 fully saturated rings. The highest BCUT2D eigenvalue weighted by Gasteiger charge is 2.24. The Bertz CT molecular complexity index is 628. The number of methoxy groups -OCH3 is 2. The van der Waals surface area contributed by atoms with Gasteiger partial charge in [-0.15, -0.1) is 0 Å². The fourth-order valence-corrected chi connectivity index (χ4v) is 2.91. The van der Waals surface area contributed by atoms with Crippen LogP contribution in [0.3, 0.4) is 0 Å². The quantitative estimate of drug-likeness (QED) is 0.759. The van der Waals surface area contributed by atoms with Crippen molar-refractivity contribution in [3.63, 3.8) is 0 Å². The first-order valence-electron chi connectivity index (χ1n) is 6.72. The molecule has 7 nitrogen and oxygen atoms in total. The van der Waals surface area contributed by atoms with Crippen LogP contribution in [0.2, 0.25) is 0 Å². The van der Waals surface area contributed by atoms with Gasteiger partial charge in [0.05, 0.1) is 14.2 Å². The summed E-state index contributed by atoms with van der Waals surface area (Å²) in [5.74, 6) is -0.166. The minimum atomic E-state index is -3.66. The van der Waals surface area contributed by atoms with Gasteiger partial charge >= 0.3 is 5.97 Å². The third-order valence-electron chi connectivity index (χ3n) is 3.16. The molecule has 0 unspecified atom stereocenters. The lowest BCUT2D eigenvalue weighted by Crippen LogP contribution is -2.30. The van der Waals surface area contributed by atoms with Crippen LogP contribution in [0.15, 0.2) is 23.1 Å². The van der Waals surface area contributed by atoms with E-state index in [2.05, 4.69) is 5.32 Å². The average Bonchev–Trinajstić information content (AvgIpc) is 2.51. The number of anilines is 1. The molecule has 0 spiro atoms. The molecular weight excluding hydrogens is 308 g/mol. The van der Waals surface area contributed by atoms with Crippen LogP contribution in [0, 0.1) is 0 Å². The maximum Gasteiger partial charge on any atom is 0.328 e. The van der Waals surface area contributed by atoms with Crippen LogP contribution in [-0.4, -0.2) is 53.0 Å². The zero-order valence-electron chi connectivity index (χ0n) is 13.4. The molecule has 124 valence electrons. The summed E-state index contributed by atoms with van der Waals surface area (Å²) >= 11 is 0. The molecule has 0 amide bonds. The van der Waals surface area contributed by atoms with Gasteiger partial charge in [-0.25, -0.2) is 17.5 Å². The predicted octanol–water partition coefficient (Wildman–Crippen LogP) is 1.31.